The van der Waals surface area contributed by atoms with Crippen LogP contribution in [0.25, 0.3) is 0 Å². The van der Waals surface area contributed by atoms with Crippen molar-refractivity contribution in [1.29, 1.82) is 0 Å². The summed E-state index contributed by atoms with van der Waals surface area (Å²) in [6.45, 7) is 7.35. The molecule has 2 rings (SSSR count). The molecular weight excluding hydrogens is 228 g/mol. The Morgan fingerprint density at radius 3 is 2.73 bits per heavy atom. The summed E-state index contributed by atoms with van der Waals surface area (Å²) in [6.07, 6.45) is 1.33. The van der Waals surface area contributed by atoms with Crippen LogP contribution in [0.3, 0.4) is 0 Å². The van der Waals surface area contributed by atoms with Gasteiger partial charge in [-0.1, -0.05) is 6.92 Å². The molecule has 0 bridgehead atoms. The van der Waals surface area contributed by atoms with Gasteiger partial charge in [0.2, 0.25) is 0 Å². The molecular formula is C12H17ClOS. The van der Waals surface area contributed by atoms with E-state index in [0.717, 1.165) is 13.0 Å². The fraction of sp³-hybridized carbons (Fsp3) is 0.667. The highest BCUT2D eigenvalue weighted by atomic mass is 35.5. The molecule has 0 saturated carbocycles. The van der Waals surface area contributed by atoms with E-state index in [4.69, 9.17) is 16.3 Å². The molecule has 84 valence electrons. The molecule has 1 aliphatic rings. The molecule has 3 unspecified atom stereocenters. The molecule has 0 spiro atoms. The van der Waals surface area contributed by atoms with Gasteiger partial charge in [0.15, 0.2) is 0 Å². The highest BCUT2D eigenvalue weighted by Crippen LogP contribution is 2.40. The molecule has 1 fully saturated rings. The number of halogens is 1. The predicted molar refractivity (Wildman–Crippen MR) is 65.9 cm³/mol. The molecule has 3 atom stereocenters. The van der Waals surface area contributed by atoms with E-state index in [1.807, 2.05) is 0 Å². The van der Waals surface area contributed by atoms with Crippen LogP contribution in [0.5, 0.6) is 0 Å². The molecule has 0 aliphatic carbocycles. The highest BCUT2D eigenvalue weighted by Gasteiger charge is 2.33. The normalized spacial score (nSPS) is 28.3. The van der Waals surface area contributed by atoms with E-state index >= 15 is 0 Å². The van der Waals surface area contributed by atoms with Gasteiger partial charge in [-0.05, 0) is 37.8 Å². The standard InChI is InChI=1S/C12H17ClOS/c1-7-4-5-14-11(7)10(13)12-8(2)6-9(3)15-12/h6-7,10-11H,4-5H2,1-3H3. The molecule has 0 N–H and O–H groups in total. The van der Waals surface area contributed by atoms with Crippen LogP contribution in [-0.2, 0) is 4.74 Å². The molecule has 1 aromatic heterocycles. The predicted octanol–water partition coefficient (Wildman–Crippen LogP) is 4.07. The first-order valence-electron chi connectivity index (χ1n) is 5.42. The maximum absolute atomic E-state index is 6.51. The minimum absolute atomic E-state index is 0.0289. The Labute approximate surface area is 100 Å². The van der Waals surface area contributed by atoms with Crippen molar-refractivity contribution in [2.45, 2.75) is 38.7 Å². The number of rotatable bonds is 2. The molecule has 0 radical (unpaired) electrons. The summed E-state index contributed by atoms with van der Waals surface area (Å²) in [5.74, 6) is 0.578. The second kappa shape index (κ2) is 4.44. The van der Waals surface area contributed by atoms with Gasteiger partial charge < -0.3 is 4.74 Å². The van der Waals surface area contributed by atoms with Gasteiger partial charge in [-0.25, -0.2) is 0 Å². The average molecular weight is 245 g/mol. The summed E-state index contributed by atoms with van der Waals surface area (Å²) in [5, 5.41) is 0.0289. The highest BCUT2D eigenvalue weighted by molar-refractivity contribution is 7.12. The molecule has 1 nitrogen and oxygen atoms in total. The fourth-order valence-electron chi connectivity index (χ4n) is 2.17. The molecule has 1 saturated heterocycles. The Bertz CT molecular complexity index is 347. The molecule has 0 amide bonds. The van der Waals surface area contributed by atoms with Crippen molar-refractivity contribution in [2.75, 3.05) is 6.61 Å². The van der Waals surface area contributed by atoms with E-state index in [-0.39, 0.29) is 11.5 Å². The van der Waals surface area contributed by atoms with E-state index in [0.29, 0.717) is 5.92 Å². The van der Waals surface area contributed by atoms with Gasteiger partial charge in [-0.3, -0.25) is 0 Å². The van der Waals surface area contributed by atoms with Crippen LogP contribution in [-0.4, -0.2) is 12.7 Å². The Kier molecular flexibility index (Phi) is 3.39. The van der Waals surface area contributed by atoms with Crippen LogP contribution in [0, 0.1) is 19.8 Å². The third-order valence-corrected chi connectivity index (χ3v) is 4.89. The van der Waals surface area contributed by atoms with Crippen LogP contribution in [0.1, 0.15) is 34.0 Å². The Morgan fingerprint density at radius 1 is 1.53 bits per heavy atom. The fourth-order valence-corrected chi connectivity index (χ4v) is 3.85. The summed E-state index contributed by atoms with van der Waals surface area (Å²) < 4.78 is 5.72. The minimum Gasteiger partial charge on any atom is -0.376 e. The van der Waals surface area contributed by atoms with Crippen LogP contribution < -0.4 is 0 Å². The Balaban J connectivity index is 2.19. The van der Waals surface area contributed by atoms with Gasteiger partial charge in [0, 0.05) is 16.4 Å². The van der Waals surface area contributed by atoms with E-state index in [1.165, 1.54) is 15.3 Å². The summed E-state index contributed by atoms with van der Waals surface area (Å²) >= 11 is 8.31. The topological polar surface area (TPSA) is 9.23 Å². The minimum atomic E-state index is 0.0289. The maximum atomic E-state index is 6.51. The Morgan fingerprint density at radius 2 is 2.27 bits per heavy atom. The van der Waals surface area contributed by atoms with Crippen molar-refractivity contribution in [3.63, 3.8) is 0 Å². The van der Waals surface area contributed by atoms with Crippen molar-refractivity contribution < 1.29 is 4.74 Å². The Hall–Kier alpha value is -0.0500. The lowest BCUT2D eigenvalue weighted by atomic mass is 9.99. The van der Waals surface area contributed by atoms with E-state index in [9.17, 15) is 0 Å². The largest absolute Gasteiger partial charge is 0.376 e. The van der Waals surface area contributed by atoms with E-state index in [1.54, 1.807) is 11.3 Å². The van der Waals surface area contributed by atoms with Gasteiger partial charge in [0.05, 0.1) is 11.5 Å². The van der Waals surface area contributed by atoms with Crippen molar-refractivity contribution in [3.8, 4) is 0 Å². The second-order valence-electron chi connectivity index (χ2n) is 4.41. The average Bonchev–Trinajstić information content (AvgIpc) is 2.71. The maximum Gasteiger partial charge on any atom is 0.0945 e. The van der Waals surface area contributed by atoms with Gasteiger partial charge in [0.25, 0.3) is 0 Å². The summed E-state index contributed by atoms with van der Waals surface area (Å²) in [4.78, 5) is 2.62. The number of alkyl halides is 1. The van der Waals surface area contributed by atoms with Gasteiger partial charge in [-0.15, -0.1) is 22.9 Å². The SMILES string of the molecule is Cc1cc(C)c(C(Cl)C2OCCC2C)s1. The van der Waals surface area contributed by atoms with Crippen LogP contribution in [0.4, 0.5) is 0 Å². The van der Waals surface area contributed by atoms with Gasteiger partial charge in [0.1, 0.15) is 0 Å². The third kappa shape index (κ3) is 2.22. The molecule has 1 aromatic rings. The monoisotopic (exact) mass is 244 g/mol. The molecule has 2 heterocycles. The van der Waals surface area contributed by atoms with Crippen molar-refractivity contribution in [1.82, 2.24) is 0 Å². The van der Waals surface area contributed by atoms with Crippen LogP contribution in [0.15, 0.2) is 6.07 Å². The first kappa shape index (κ1) is 11.4. The van der Waals surface area contributed by atoms with Gasteiger partial charge in [-0.2, -0.15) is 0 Å². The summed E-state index contributed by atoms with van der Waals surface area (Å²) in [5.41, 5.74) is 1.31. The zero-order chi connectivity index (χ0) is 11.0. The third-order valence-electron chi connectivity index (χ3n) is 3.06. The first-order valence-corrected chi connectivity index (χ1v) is 6.67. The summed E-state index contributed by atoms with van der Waals surface area (Å²) in [6, 6.07) is 2.20. The molecule has 1 aliphatic heterocycles. The van der Waals surface area contributed by atoms with Crippen LogP contribution in [0.2, 0.25) is 0 Å². The van der Waals surface area contributed by atoms with Gasteiger partial charge >= 0.3 is 0 Å². The zero-order valence-corrected chi connectivity index (χ0v) is 11.0. The van der Waals surface area contributed by atoms with Crippen molar-refractivity contribution in [3.05, 3.63) is 21.4 Å². The van der Waals surface area contributed by atoms with Crippen LogP contribution >= 0.6 is 22.9 Å². The summed E-state index contributed by atoms with van der Waals surface area (Å²) in [7, 11) is 0. The number of thiophene rings is 1. The lowest BCUT2D eigenvalue weighted by Gasteiger charge is -2.20. The first-order chi connectivity index (χ1) is 7.09. The molecule has 0 aromatic carbocycles. The number of hydrogen-bond donors (Lipinski definition) is 0. The zero-order valence-electron chi connectivity index (χ0n) is 9.42. The number of aryl methyl sites for hydroxylation is 2. The second-order valence-corrected chi connectivity index (χ2v) is 6.17. The lowest BCUT2D eigenvalue weighted by molar-refractivity contribution is 0.0909. The number of ether oxygens (including phenoxy) is 1. The van der Waals surface area contributed by atoms with Crippen molar-refractivity contribution >= 4 is 22.9 Å². The van der Waals surface area contributed by atoms with E-state index in [2.05, 4.69) is 26.8 Å². The smallest absolute Gasteiger partial charge is 0.0945 e. The van der Waals surface area contributed by atoms with E-state index < -0.39 is 0 Å². The lowest BCUT2D eigenvalue weighted by Crippen LogP contribution is -2.19. The quantitative estimate of drug-likeness (QED) is 0.713. The molecule has 15 heavy (non-hydrogen) atoms. The molecule has 3 heteroatoms. The number of hydrogen-bond acceptors (Lipinski definition) is 2. The van der Waals surface area contributed by atoms with Crippen molar-refractivity contribution in [2.24, 2.45) is 5.92 Å².